The van der Waals surface area contributed by atoms with E-state index >= 15 is 0 Å². The number of carbonyl (C=O) groups excluding carboxylic acids is 5. The maximum atomic E-state index is 14.0. The summed E-state index contributed by atoms with van der Waals surface area (Å²) in [7, 11) is 3.26. The molecule has 1 saturated heterocycles. The van der Waals surface area contributed by atoms with Gasteiger partial charge in [0.25, 0.3) is 11.8 Å². The zero-order valence-electron chi connectivity index (χ0n) is 44.8. The molecule has 3 heterocycles. The molecule has 1 aliphatic carbocycles. The lowest BCUT2D eigenvalue weighted by molar-refractivity contribution is -0.144. The van der Waals surface area contributed by atoms with Crippen LogP contribution in [-0.4, -0.2) is 171 Å². The number of aliphatic hydroxyl groups excluding tert-OH is 1. The molecule has 3 aromatic carbocycles. The van der Waals surface area contributed by atoms with Gasteiger partial charge in [0.15, 0.2) is 12.4 Å². The Morgan fingerprint density at radius 2 is 1.56 bits per heavy atom. The lowest BCUT2D eigenvalue weighted by Gasteiger charge is -2.35. The van der Waals surface area contributed by atoms with Crippen molar-refractivity contribution in [2.75, 3.05) is 93.2 Å². The molecule has 4 atom stereocenters. The quantitative estimate of drug-likeness (QED) is 0.0515. The Hall–Kier alpha value is -6.46. The number of phenols is 1. The van der Waals surface area contributed by atoms with Gasteiger partial charge in [-0.25, -0.2) is 4.98 Å². The highest BCUT2D eigenvalue weighted by Gasteiger charge is 2.44. The van der Waals surface area contributed by atoms with Crippen molar-refractivity contribution in [3.05, 3.63) is 106 Å². The van der Waals surface area contributed by atoms with Gasteiger partial charge in [0.2, 0.25) is 17.7 Å². The second-order valence-corrected chi connectivity index (χ2v) is 21.2. The summed E-state index contributed by atoms with van der Waals surface area (Å²) >= 11 is 1.57. The second kappa shape index (κ2) is 27.7. The third-order valence-corrected chi connectivity index (χ3v) is 14.3. The zero-order chi connectivity index (χ0) is 55.1. The van der Waals surface area contributed by atoms with Crippen LogP contribution < -0.4 is 20.7 Å². The number of hydrogen-bond acceptors (Lipinski definition) is 16. The fourth-order valence-electron chi connectivity index (χ4n) is 9.19. The summed E-state index contributed by atoms with van der Waals surface area (Å²) in [4.78, 5) is 79.7. The van der Waals surface area contributed by atoms with Gasteiger partial charge in [-0.3, -0.25) is 24.0 Å². The number of aliphatic hydroxyl groups is 1. The minimum Gasteiger partial charge on any atom is -0.507 e. The van der Waals surface area contributed by atoms with Crippen LogP contribution in [0.5, 0.6) is 11.5 Å². The molecule has 21 heteroatoms. The number of phenolic OH excluding ortho intramolecular Hbond substituents is 1. The number of aromatic nitrogens is 1. The molecule has 1 fully saturated rings. The smallest absolute Gasteiger partial charge is 0.258 e. The Labute approximate surface area is 453 Å². The monoisotopic (exact) mass is 1080 g/mol. The molecular weight excluding hydrogens is 1010 g/mol. The number of hydroxylamine groups is 2. The van der Waals surface area contributed by atoms with Crippen LogP contribution in [0.25, 0.3) is 16.2 Å². The fraction of sp³-hybridized carbons (Fsp3) is 0.500. The predicted octanol–water partition coefficient (Wildman–Crippen LogP) is 4.56. The standard InChI is InChI=1S/C56H73N7O13S/c1-36-51(77-35-59-36)39-9-7-37(8-10-39)32-58-53(68)46-30-41(64)33-62(46)55(70)52(56(2,3)4)60-49(66)18-21-71-23-25-73-27-28-74-26-24-72-22-19-57-50(67)34-75-42-14-11-38-13-16-45(44(38)31-42)63-20-17-48(76-63)40-12-15-43(47(65)29-40)54(69)61(5)6/h7-12,14-15,17,29,31,35,41,45-46,52,64-65H,13,16,18-28,30,32-34H2,1-6H3,(H,57,67)(H,58,68)(H,60,66)/t41-,45-,46+,52-/m1/s1. The summed E-state index contributed by atoms with van der Waals surface area (Å²) in [6.07, 6.45) is 2.90. The average Bonchev–Trinajstić information content (AvgIpc) is 4.28. The van der Waals surface area contributed by atoms with Crippen molar-refractivity contribution in [3.63, 3.8) is 0 Å². The minimum atomic E-state index is -0.942. The number of amides is 5. The number of ether oxygens (including phenoxy) is 5. The van der Waals surface area contributed by atoms with Gasteiger partial charge < -0.3 is 64.5 Å². The van der Waals surface area contributed by atoms with E-state index in [0.29, 0.717) is 69.8 Å². The van der Waals surface area contributed by atoms with E-state index in [2.05, 4.69) is 20.9 Å². The van der Waals surface area contributed by atoms with Gasteiger partial charge in [0.05, 0.1) is 93.2 Å². The molecule has 2 aliphatic heterocycles. The molecule has 1 aromatic heterocycles. The first kappa shape index (κ1) is 58.2. The number of benzene rings is 3. The lowest BCUT2D eigenvalue weighted by atomic mass is 9.85. The van der Waals surface area contributed by atoms with Crippen LogP contribution in [0.3, 0.4) is 0 Å². The third-order valence-electron chi connectivity index (χ3n) is 13.3. The fourth-order valence-corrected chi connectivity index (χ4v) is 10.0. The molecule has 3 aliphatic rings. The highest BCUT2D eigenvalue weighted by atomic mass is 32.1. The summed E-state index contributed by atoms with van der Waals surface area (Å²) in [6.45, 7) is 10.7. The molecule has 416 valence electrons. The van der Waals surface area contributed by atoms with Crippen LogP contribution >= 0.6 is 11.3 Å². The van der Waals surface area contributed by atoms with Crippen LogP contribution in [0.2, 0.25) is 0 Å². The molecule has 0 saturated carbocycles. The van der Waals surface area contributed by atoms with Gasteiger partial charge in [0, 0.05) is 52.1 Å². The summed E-state index contributed by atoms with van der Waals surface area (Å²) in [6, 6.07) is 16.7. The number of aryl methyl sites for hydroxylation is 2. The van der Waals surface area contributed by atoms with Crippen molar-refractivity contribution in [1.29, 1.82) is 0 Å². The molecule has 0 unspecified atom stereocenters. The average molecular weight is 1080 g/mol. The molecule has 5 N–H and O–H groups in total. The van der Waals surface area contributed by atoms with Gasteiger partial charge in [0.1, 0.15) is 23.6 Å². The Kier molecular flexibility index (Phi) is 21.0. The van der Waals surface area contributed by atoms with E-state index < -0.39 is 29.5 Å². The van der Waals surface area contributed by atoms with E-state index in [1.807, 2.05) is 86.8 Å². The summed E-state index contributed by atoms with van der Waals surface area (Å²) in [5, 5.41) is 31.5. The molecule has 20 nitrogen and oxygen atoms in total. The number of β-amino-alcohol motifs (C(OH)–C–C–N with tert-alkyl or cyclic N) is 1. The van der Waals surface area contributed by atoms with E-state index in [-0.39, 0.29) is 86.7 Å². The van der Waals surface area contributed by atoms with Crippen LogP contribution in [0, 0.1) is 12.3 Å². The molecule has 5 amide bonds. The number of thiazole rings is 1. The number of nitrogens with zero attached hydrogens (tertiary/aromatic N) is 4. The third kappa shape index (κ3) is 16.3. The Bertz CT molecular complexity index is 2690. The number of likely N-dealkylation sites (tertiary alicyclic amines) is 1. The largest absolute Gasteiger partial charge is 0.507 e. The van der Waals surface area contributed by atoms with E-state index in [4.69, 9.17) is 28.5 Å². The second-order valence-electron chi connectivity index (χ2n) is 20.4. The molecule has 77 heavy (non-hydrogen) atoms. The summed E-state index contributed by atoms with van der Waals surface area (Å²) in [5.74, 6) is -0.675. The molecule has 4 aromatic rings. The zero-order valence-corrected chi connectivity index (χ0v) is 45.7. The van der Waals surface area contributed by atoms with E-state index in [1.165, 1.54) is 21.4 Å². The first-order valence-corrected chi connectivity index (χ1v) is 26.9. The van der Waals surface area contributed by atoms with Crippen molar-refractivity contribution in [2.24, 2.45) is 5.41 Å². The Morgan fingerprint density at radius 3 is 2.22 bits per heavy atom. The van der Waals surface area contributed by atoms with Gasteiger partial charge >= 0.3 is 0 Å². The molecule has 0 bridgehead atoms. The van der Waals surface area contributed by atoms with Gasteiger partial charge in [-0.05, 0) is 77.8 Å². The topological polar surface area (TPSA) is 240 Å². The summed E-state index contributed by atoms with van der Waals surface area (Å²) < 4.78 is 28.2. The summed E-state index contributed by atoms with van der Waals surface area (Å²) in [5.41, 5.74) is 7.16. The maximum Gasteiger partial charge on any atom is 0.258 e. The van der Waals surface area contributed by atoms with E-state index in [1.54, 1.807) is 37.6 Å². The molecule has 0 spiro atoms. The first-order valence-electron chi connectivity index (χ1n) is 26.0. The minimum absolute atomic E-state index is 0.0107. The number of aromatic hydroxyl groups is 1. The highest BCUT2D eigenvalue weighted by Crippen LogP contribution is 2.41. The molecule has 0 radical (unpaired) electrons. The van der Waals surface area contributed by atoms with Crippen LogP contribution in [0.4, 0.5) is 0 Å². The van der Waals surface area contributed by atoms with Crippen molar-refractivity contribution in [2.45, 2.75) is 84.2 Å². The number of fused-ring (bicyclic) bond motifs is 1. The SMILES string of the molecule is Cc1ncsc1-c1ccc(CNC(=O)[C@@H]2C[C@@H](O)CN2C(=O)[C@@H](NC(=O)CCOCCOCCOCCOCCNC(=O)COc2ccc3c(c2)[C@H](N2CC=C(c4ccc(C(=O)N(C)C)c(O)c4)O2)CC3)C(C)(C)C)cc1. The van der Waals surface area contributed by atoms with Crippen molar-refractivity contribution in [1.82, 2.24) is 35.8 Å². The number of rotatable bonds is 27. The van der Waals surface area contributed by atoms with Crippen molar-refractivity contribution in [3.8, 4) is 21.9 Å². The van der Waals surface area contributed by atoms with Crippen molar-refractivity contribution < 1.29 is 62.7 Å². The van der Waals surface area contributed by atoms with Gasteiger partial charge in [-0.1, -0.05) is 57.2 Å². The number of hydrogen-bond donors (Lipinski definition) is 5. The first-order chi connectivity index (χ1) is 37.0. The lowest BCUT2D eigenvalue weighted by Crippen LogP contribution is -2.57. The van der Waals surface area contributed by atoms with Crippen molar-refractivity contribution >= 4 is 46.6 Å². The Morgan fingerprint density at radius 1 is 0.870 bits per heavy atom. The van der Waals surface area contributed by atoms with Crippen LogP contribution in [0.15, 0.2) is 72.3 Å². The number of nitrogens with one attached hydrogen (secondary N) is 3. The molecular formula is C56H73N7O13S. The Balaban J connectivity index is 0.693. The predicted molar refractivity (Wildman–Crippen MR) is 287 cm³/mol. The van der Waals surface area contributed by atoms with Gasteiger partial charge in [-0.2, -0.15) is 0 Å². The van der Waals surface area contributed by atoms with Crippen LogP contribution in [-0.2, 0) is 55.9 Å². The highest BCUT2D eigenvalue weighted by molar-refractivity contribution is 7.13. The normalized spacial score (nSPS) is 17.6. The maximum absolute atomic E-state index is 14.0. The van der Waals surface area contributed by atoms with Crippen LogP contribution in [0.1, 0.15) is 84.4 Å². The van der Waals surface area contributed by atoms with E-state index in [9.17, 15) is 34.2 Å². The van der Waals surface area contributed by atoms with E-state index in [0.717, 1.165) is 40.1 Å². The molecule has 7 rings (SSSR count). The number of carbonyl (C=O) groups is 5. The van der Waals surface area contributed by atoms with Gasteiger partial charge in [-0.15, -0.1) is 16.4 Å².